The second-order valence-corrected chi connectivity index (χ2v) is 5.22. The van der Waals surface area contributed by atoms with Crippen molar-refractivity contribution in [1.82, 2.24) is 0 Å². The molecule has 0 radical (unpaired) electrons. The lowest BCUT2D eigenvalue weighted by molar-refractivity contribution is 0.110. The zero-order valence-corrected chi connectivity index (χ0v) is 12.2. The fourth-order valence-electron chi connectivity index (χ4n) is 2.51. The quantitative estimate of drug-likeness (QED) is 0.735. The number of hydrogen-bond acceptors (Lipinski definition) is 3. The van der Waals surface area contributed by atoms with E-state index in [0.717, 1.165) is 22.3 Å². The summed E-state index contributed by atoms with van der Waals surface area (Å²) in [5.74, 6) is 0.850. The molecule has 0 aliphatic carbocycles. The fraction of sp³-hybridized carbons (Fsp3) is 0.105. The highest BCUT2D eigenvalue weighted by Gasteiger charge is 2.17. The average molecular weight is 292 g/mol. The van der Waals surface area contributed by atoms with Gasteiger partial charge in [0.2, 0.25) is 0 Å². The van der Waals surface area contributed by atoms with Crippen molar-refractivity contribution in [2.45, 2.75) is 13.0 Å². The standard InChI is InChI=1S/C19H16O3/c1-13-7-9-16(18-10-8-15(12-20)22-18)17(11-13)19(21)14-5-3-2-4-6-14/h2-12,19,21H,1H3. The van der Waals surface area contributed by atoms with E-state index >= 15 is 0 Å². The second-order valence-electron chi connectivity index (χ2n) is 5.22. The lowest BCUT2D eigenvalue weighted by Crippen LogP contribution is -2.02. The van der Waals surface area contributed by atoms with E-state index in [2.05, 4.69) is 0 Å². The normalized spacial score (nSPS) is 12.1. The molecule has 3 nitrogen and oxygen atoms in total. The largest absolute Gasteiger partial charge is 0.453 e. The first kappa shape index (κ1) is 14.3. The molecule has 3 aromatic rings. The van der Waals surface area contributed by atoms with E-state index in [1.807, 2.05) is 55.5 Å². The highest BCUT2D eigenvalue weighted by Crippen LogP contribution is 2.33. The summed E-state index contributed by atoms with van der Waals surface area (Å²) in [6, 6.07) is 18.6. The molecule has 0 fully saturated rings. The second kappa shape index (κ2) is 6.00. The summed E-state index contributed by atoms with van der Waals surface area (Å²) in [6.45, 7) is 1.98. The number of aliphatic hydroxyl groups is 1. The van der Waals surface area contributed by atoms with E-state index in [9.17, 15) is 9.90 Å². The lowest BCUT2D eigenvalue weighted by atomic mass is 9.94. The summed E-state index contributed by atoms with van der Waals surface area (Å²) in [6.07, 6.45) is -0.0776. The summed E-state index contributed by atoms with van der Waals surface area (Å²) in [4.78, 5) is 10.8. The predicted octanol–water partition coefficient (Wildman–Crippen LogP) is 4.15. The van der Waals surface area contributed by atoms with Crippen LogP contribution in [0, 0.1) is 6.92 Å². The van der Waals surface area contributed by atoms with Gasteiger partial charge < -0.3 is 9.52 Å². The van der Waals surface area contributed by atoms with Crippen LogP contribution in [0.15, 0.2) is 65.1 Å². The predicted molar refractivity (Wildman–Crippen MR) is 84.8 cm³/mol. The van der Waals surface area contributed by atoms with Crippen molar-refractivity contribution < 1.29 is 14.3 Å². The Balaban J connectivity index is 2.10. The topological polar surface area (TPSA) is 50.4 Å². The number of benzene rings is 2. The third-order valence-corrected chi connectivity index (χ3v) is 3.63. The lowest BCUT2D eigenvalue weighted by Gasteiger charge is -2.16. The summed E-state index contributed by atoms with van der Waals surface area (Å²) < 4.78 is 5.51. The van der Waals surface area contributed by atoms with Gasteiger partial charge in [-0.3, -0.25) is 4.79 Å². The maximum absolute atomic E-state index is 10.8. The highest BCUT2D eigenvalue weighted by atomic mass is 16.3. The molecule has 3 heteroatoms. The van der Waals surface area contributed by atoms with Gasteiger partial charge in [0, 0.05) is 5.56 Å². The van der Waals surface area contributed by atoms with E-state index < -0.39 is 6.10 Å². The first-order valence-electron chi connectivity index (χ1n) is 7.08. The van der Waals surface area contributed by atoms with Crippen LogP contribution in [-0.4, -0.2) is 11.4 Å². The summed E-state index contributed by atoms with van der Waals surface area (Å²) in [5.41, 5.74) is 3.42. The van der Waals surface area contributed by atoms with Crippen LogP contribution in [0.2, 0.25) is 0 Å². The average Bonchev–Trinajstić information content (AvgIpc) is 3.04. The Morgan fingerprint density at radius 2 is 1.82 bits per heavy atom. The monoisotopic (exact) mass is 292 g/mol. The number of carbonyl (C=O) groups is 1. The molecule has 110 valence electrons. The first-order chi connectivity index (χ1) is 10.7. The van der Waals surface area contributed by atoms with Crippen molar-refractivity contribution in [2.24, 2.45) is 0 Å². The molecule has 0 aliphatic rings. The summed E-state index contributed by atoms with van der Waals surface area (Å²) in [7, 11) is 0. The molecule has 3 rings (SSSR count). The van der Waals surface area contributed by atoms with E-state index in [4.69, 9.17) is 4.42 Å². The van der Waals surface area contributed by atoms with E-state index in [-0.39, 0.29) is 5.76 Å². The van der Waals surface area contributed by atoms with Crippen molar-refractivity contribution in [3.05, 3.63) is 83.1 Å². The molecule has 1 unspecified atom stereocenters. The minimum absolute atomic E-state index is 0.274. The van der Waals surface area contributed by atoms with Crippen LogP contribution in [0.3, 0.4) is 0 Å². The van der Waals surface area contributed by atoms with Crippen LogP contribution in [-0.2, 0) is 0 Å². The SMILES string of the molecule is Cc1ccc(-c2ccc(C=O)o2)c(C(O)c2ccccc2)c1. The van der Waals surface area contributed by atoms with Gasteiger partial charge in [0.15, 0.2) is 12.0 Å². The molecule has 1 atom stereocenters. The van der Waals surface area contributed by atoms with Gasteiger partial charge in [-0.25, -0.2) is 0 Å². The Morgan fingerprint density at radius 1 is 1.05 bits per heavy atom. The zero-order valence-electron chi connectivity index (χ0n) is 12.2. The van der Waals surface area contributed by atoms with Gasteiger partial charge in [0.25, 0.3) is 0 Å². The highest BCUT2D eigenvalue weighted by molar-refractivity contribution is 5.73. The van der Waals surface area contributed by atoms with Crippen LogP contribution in [0.25, 0.3) is 11.3 Å². The van der Waals surface area contributed by atoms with Gasteiger partial charge in [0.05, 0.1) is 0 Å². The van der Waals surface area contributed by atoms with Crippen LogP contribution < -0.4 is 0 Å². The molecule has 22 heavy (non-hydrogen) atoms. The molecule has 1 N–H and O–H groups in total. The van der Waals surface area contributed by atoms with Gasteiger partial charge >= 0.3 is 0 Å². The molecule has 2 aromatic carbocycles. The smallest absolute Gasteiger partial charge is 0.185 e. The number of furan rings is 1. The van der Waals surface area contributed by atoms with Gasteiger partial charge in [0.1, 0.15) is 11.9 Å². The molecule has 0 saturated carbocycles. The van der Waals surface area contributed by atoms with Crippen LogP contribution >= 0.6 is 0 Å². The van der Waals surface area contributed by atoms with Gasteiger partial charge in [-0.05, 0) is 30.2 Å². The summed E-state index contributed by atoms with van der Waals surface area (Å²) in [5, 5.41) is 10.7. The van der Waals surface area contributed by atoms with Crippen molar-refractivity contribution in [3.63, 3.8) is 0 Å². The Kier molecular flexibility index (Phi) is 3.90. The first-order valence-corrected chi connectivity index (χ1v) is 7.08. The van der Waals surface area contributed by atoms with E-state index in [0.29, 0.717) is 12.0 Å². The van der Waals surface area contributed by atoms with E-state index in [1.165, 1.54) is 0 Å². The number of rotatable bonds is 4. The Morgan fingerprint density at radius 3 is 2.50 bits per heavy atom. The van der Waals surface area contributed by atoms with Crippen LogP contribution in [0.1, 0.15) is 33.3 Å². The molecule has 0 saturated heterocycles. The number of aryl methyl sites for hydroxylation is 1. The number of aliphatic hydroxyl groups excluding tert-OH is 1. The third kappa shape index (κ3) is 2.71. The molecule has 0 aliphatic heterocycles. The fourth-order valence-corrected chi connectivity index (χ4v) is 2.51. The Hall–Kier alpha value is -2.65. The maximum Gasteiger partial charge on any atom is 0.185 e. The van der Waals surface area contributed by atoms with Crippen molar-refractivity contribution in [1.29, 1.82) is 0 Å². The number of aldehydes is 1. The Bertz CT molecular complexity index is 787. The Labute approximate surface area is 128 Å². The maximum atomic E-state index is 10.8. The van der Waals surface area contributed by atoms with Crippen molar-refractivity contribution >= 4 is 6.29 Å². The molecular formula is C19H16O3. The van der Waals surface area contributed by atoms with Crippen LogP contribution in [0.5, 0.6) is 0 Å². The van der Waals surface area contributed by atoms with Gasteiger partial charge in [-0.1, -0.05) is 54.1 Å². The molecule has 1 aromatic heterocycles. The minimum Gasteiger partial charge on any atom is -0.453 e. The summed E-state index contributed by atoms with van der Waals surface area (Å²) >= 11 is 0. The third-order valence-electron chi connectivity index (χ3n) is 3.63. The van der Waals surface area contributed by atoms with Gasteiger partial charge in [-0.2, -0.15) is 0 Å². The molecule has 0 bridgehead atoms. The number of carbonyl (C=O) groups excluding carboxylic acids is 1. The number of hydrogen-bond donors (Lipinski definition) is 1. The van der Waals surface area contributed by atoms with Crippen LogP contribution in [0.4, 0.5) is 0 Å². The van der Waals surface area contributed by atoms with E-state index in [1.54, 1.807) is 12.1 Å². The molecule has 0 amide bonds. The van der Waals surface area contributed by atoms with Gasteiger partial charge in [-0.15, -0.1) is 0 Å². The van der Waals surface area contributed by atoms with Crippen molar-refractivity contribution in [2.75, 3.05) is 0 Å². The molecular weight excluding hydrogens is 276 g/mol. The zero-order chi connectivity index (χ0) is 15.5. The molecule has 0 spiro atoms. The minimum atomic E-state index is -0.749. The van der Waals surface area contributed by atoms with Crippen molar-refractivity contribution in [3.8, 4) is 11.3 Å². The molecule has 1 heterocycles.